The number of aliphatic hydroxyl groups excluding tert-OH is 1. The lowest BCUT2D eigenvalue weighted by Gasteiger charge is -2.07. The van der Waals surface area contributed by atoms with Crippen LogP contribution in [0.15, 0.2) is 36.7 Å². The SMILES string of the molecule is Nc1nc(OCCCO)nc2c1ncn2Cc1ccccc1. The molecule has 0 aliphatic carbocycles. The Morgan fingerprint density at radius 3 is 2.77 bits per heavy atom. The molecular formula is C15H17N5O2. The number of imidazole rings is 1. The molecule has 3 rings (SSSR count). The van der Waals surface area contributed by atoms with Gasteiger partial charge in [-0.3, -0.25) is 0 Å². The van der Waals surface area contributed by atoms with Crippen molar-refractivity contribution in [3.8, 4) is 6.01 Å². The summed E-state index contributed by atoms with van der Waals surface area (Å²) in [5.74, 6) is 0.288. The molecule has 22 heavy (non-hydrogen) atoms. The monoisotopic (exact) mass is 299 g/mol. The van der Waals surface area contributed by atoms with Crippen molar-refractivity contribution >= 4 is 17.0 Å². The van der Waals surface area contributed by atoms with Gasteiger partial charge in [0.2, 0.25) is 0 Å². The summed E-state index contributed by atoms with van der Waals surface area (Å²) in [4.78, 5) is 12.7. The Bertz CT molecular complexity index is 757. The third kappa shape index (κ3) is 2.99. The number of fused-ring (bicyclic) bond motifs is 1. The van der Waals surface area contributed by atoms with Gasteiger partial charge in [-0.2, -0.15) is 9.97 Å². The number of aliphatic hydroxyl groups is 1. The highest BCUT2D eigenvalue weighted by Gasteiger charge is 2.12. The first-order valence-corrected chi connectivity index (χ1v) is 7.04. The maximum Gasteiger partial charge on any atom is 0.320 e. The molecule has 1 aromatic carbocycles. The van der Waals surface area contributed by atoms with Crippen LogP contribution in [0.3, 0.4) is 0 Å². The van der Waals surface area contributed by atoms with Crippen LogP contribution in [-0.4, -0.2) is 37.8 Å². The number of aromatic nitrogens is 4. The molecule has 0 saturated heterocycles. The maximum atomic E-state index is 8.79. The zero-order valence-corrected chi connectivity index (χ0v) is 12.0. The summed E-state index contributed by atoms with van der Waals surface area (Å²) in [7, 11) is 0. The molecule has 7 nitrogen and oxygen atoms in total. The van der Waals surface area contributed by atoms with Gasteiger partial charge >= 0.3 is 6.01 Å². The minimum Gasteiger partial charge on any atom is -0.463 e. The van der Waals surface area contributed by atoms with Gasteiger partial charge in [0.1, 0.15) is 0 Å². The van der Waals surface area contributed by atoms with Crippen LogP contribution in [0.4, 0.5) is 5.82 Å². The molecule has 0 spiro atoms. The summed E-state index contributed by atoms with van der Waals surface area (Å²) in [5, 5.41) is 8.79. The van der Waals surface area contributed by atoms with E-state index in [1.54, 1.807) is 6.33 Å². The fourth-order valence-corrected chi connectivity index (χ4v) is 2.13. The molecule has 0 aliphatic rings. The van der Waals surface area contributed by atoms with E-state index in [1.165, 1.54) is 0 Å². The summed E-state index contributed by atoms with van der Waals surface area (Å²) >= 11 is 0. The molecule has 0 fully saturated rings. The molecule has 3 aromatic rings. The molecule has 0 bridgehead atoms. The summed E-state index contributed by atoms with van der Waals surface area (Å²) in [6.07, 6.45) is 2.21. The first-order valence-electron chi connectivity index (χ1n) is 7.04. The van der Waals surface area contributed by atoms with Gasteiger partial charge in [0.15, 0.2) is 17.0 Å². The molecule has 0 radical (unpaired) electrons. The largest absolute Gasteiger partial charge is 0.463 e. The molecule has 2 heterocycles. The smallest absolute Gasteiger partial charge is 0.320 e. The zero-order valence-electron chi connectivity index (χ0n) is 12.0. The number of nitrogens with zero attached hydrogens (tertiary/aromatic N) is 4. The van der Waals surface area contributed by atoms with Gasteiger partial charge in [0.25, 0.3) is 0 Å². The number of benzene rings is 1. The van der Waals surface area contributed by atoms with Crippen LogP contribution in [0.2, 0.25) is 0 Å². The number of rotatable bonds is 6. The average molecular weight is 299 g/mol. The normalized spacial score (nSPS) is 11.0. The van der Waals surface area contributed by atoms with Crippen molar-refractivity contribution < 1.29 is 9.84 Å². The van der Waals surface area contributed by atoms with Crippen LogP contribution in [0, 0.1) is 0 Å². The van der Waals surface area contributed by atoms with Crippen molar-refractivity contribution in [1.29, 1.82) is 0 Å². The number of nitrogens with two attached hydrogens (primary N) is 1. The highest BCUT2D eigenvalue weighted by Crippen LogP contribution is 2.20. The quantitative estimate of drug-likeness (QED) is 0.664. The topological polar surface area (TPSA) is 99.1 Å². The maximum absolute atomic E-state index is 8.79. The first-order chi connectivity index (χ1) is 10.8. The van der Waals surface area contributed by atoms with E-state index in [9.17, 15) is 0 Å². The minimum absolute atomic E-state index is 0.0592. The molecule has 0 atom stereocenters. The third-order valence-electron chi connectivity index (χ3n) is 3.20. The number of nitrogen functional groups attached to an aromatic ring is 1. The molecule has 7 heteroatoms. The van der Waals surface area contributed by atoms with E-state index in [1.807, 2.05) is 34.9 Å². The lowest BCUT2D eigenvalue weighted by molar-refractivity contribution is 0.225. The van der Waals surface area contributed by atoms with Gasteiger partial charge in [-0.1, -0.05) is 30.3 Å². The van der Waals surface area contributed by atoms with E-state index >= 15 is 0 Å². The lowest BCUT2D eigenvalue weighted by Crippen LogP contribution is -2.06. The predicted molar refractivity (Wildman–Crippen MR) is 82.5 cm³/mol. The molecule has 2 aromatic heterocycles. The van der Waals surface area contributed by atoms with E-state index in [2.05, 4.69) is 15.0 Å². The number of hydrogen-bond donors (Lipinski definition) is 2. The minimum atomic E-state index is 0.0592. The zero-order chi connectivity index (χ0) is 15.4. The summed E-state index contributed by atoms with van der Waals surface area (Å²) in [6, 6.07) is 10.2. The van der Waals surface area contributed by atoms with E-state index in [0.29, 0.717) is 30.7 Å². The first kappa shape index (κ1) is 14.3. The van der Waals surface area contributed by atoms with Gasteiger partial charge in [-0.05, 0) is 5.56 Å². The summed E-state index contributed by atoms with van der Waals surface area (Å²) in [6.45, 7) is 1.04. The highest BCUT2D eigenvalue weighted by atomic mass is 16.5. The van der Waals surface area contributed by atoms with Crippen molar-refractivity contribution in [2.45, 2.75) is 13.0 Å². The molecule has 0 aliphatic heterocycles. The van der Waals surface area contributed by atoms with Gasteiger partial charge < -0.3 is 20.1 Å². The van der Waals surface area contributed by atoms with E-state index in [0.717, 1.165) is 5.56 Å². The standard InChI is InChI=1S/C15H17N5O2/c16-13-12-14(19-15(18-13)22-8-4-7-21)20(10-17-12)9-11-5-2-1-3-6-11/h1-3,5-6,10,21H,4,7-9H2,(H2,16,18,19). The van der Waals surface area contributed by atoms with Crippen LogP contribution < -0.4 is 10.5 Å². The molecule has 114 valence electrons. The fourth-order valence-electron chi connectivity index (χ4n) is 2.13. The second kappa shape index (κ2) is 6.40. The van der Waals surface area contributed by atoms with Crippen LogP contribution in [0.25, 0.3) is 11.2 Å². The molecule has 0 amide bonds. The van der Waals surface area contributed by atoms with Gasteiger partial charge in [-0.15, -0.1) is 0 Å². The Morgan fingerprint density at radius 1 is 1.18 bits per heavy atom. The van der Waals surface area contributed by atoms with E-state index in [-0.39, 0.29) is 18.4 Å². The Kier molecular flexibility index (Phi) is 4.15. The molecule has 0 unspecified atom stereocenters. The number of anilines is 1. The van der Waals surface area contributed by atoms with Crippen molar-refractivity contribution in [2.24, 2.45) is 0 Å². The van der Waals surface area contributed by atoms with Gasteiger partial charge in [0.05, 0.1) is 19.5 Å². The van der Waals surface area contributed by atoms with Crippen LogP contribution >= 0.6 is 0 Å². The Hall–Kier alpha value is -2.67. The second-order valence-corrected chi connectivity index (χ2v) is 4.85. The predicted octanol–water partition coefficient (Wildman–Crippen LogP) is 1.22. The summed E-state index contributed by atoms with van der Waals surface area (Å²) in [5.41, 5.74) is 8.25. The Balaban J connectivity index is 1.90. The summed E-state index contributed by atoms with van der Waals surface area (Å²) < 4.78 is 7.31. The fraction of sp³-hybridized carbons (Fsp3) is 0.267. The van der Waals surface area contributed by atoms with Crippen LogP contribution in [-0.2, 0) is 6.54 Å². The van der Waals surface area contributed by atoms with Gasteiger partial charge in [-0.25, -0.2) is 4.98 Å². The van der Waals surface area contributed by atoms with Crippen molar-refractivity contribution in [2.75, 3.05) is 18.9 Å². The Morgan fingerprint density at radius 2 is 2.00 bits per heavy atom. The van der Waals surface area contributed by atoms with Crippen molar-refractivity contribution in [3.05, 3.63) is 42.2 Å². The second-order valence-electron chi connectivity index (χ2n) is 4.85. The molecule has 3 N–H and O–H groups in total. The van der Waals surface area contributed by atoms with Crippen molar-refractivity contribution in [3.63, 3.8) is 0 Å². The number of hydrogen-bond acceptors (Lipinski definition) is 6. The van der Waals surface area contributed by atoms with Crippen LogP contribution in [0.1, 0.15) is 12.0 Å². The molecular weight excluding hydrogens is 282 g/mol. The Labute approximate surface area is 127 Å². The molecule has 0 saturated carbocycles. The lowest BCUT2D eigenvalue weighted by atomic mass is 10.2. The number of ether oxygens (including phenoxy) is 1. The van der Waals surface area contributed by atoms with Crippen LogP contribution in [0.5, 0.6) is 6.01 Å². The van der Waals surface area contributed by atoms with Gasteiger partial charge in [0, 0.05) is 13.0 Å². The van der Waals surface area contributed by atoms with E-state index in [4.69, 9.17) is 15.6 Å². The average Bonchev–Trinajstić information content (AvgIpc) is 2.92. The highest BCUT2D eigenvalue weighted by molar-refractivity contribution is 5.81. The van der Waals surface area contributed by atoms with Crippen molar-refractivity contribution in [1.82, 2.24) is 19.5 Å². The third-order valence-corrected chi connectivity index (χ3v) is 3.20. The van der Waals surface area contributed by atoms with E-state index < -0.39 is 0 Å².